The lowest BCUT2D eigenvalue weighted by atomic mass is 10.2. The van der Waals surface area contributed by atoms with Gasteiger partial charge < -0.3 is 4.74 Å². The highest BCUT2D eigenvalue weighted by Crippen LogP contribution is 2.33. The van der Waals surface area contributed by atoms with Gasteiger partial charge in [0, 0.05) is 11.1 Å². The Balaban J connectivity index is 2.33. The molecule has 0 atom stereocenters. The molecule has 0 saturated carbocycles. The lowest BCUT2D eigenvalue weighted by molar-refractivity contribution is -0.137. The molecule has 7 heteroatoms. The summed E-state index contributed by atoms with van der Waals surface area (Å²) in [6, 6.07) is 7.71. The number of pyridine rings is 1. The monoisotopic (exact) mass is 307 g/mol. The van der Waals surface area contributed by atoms with Crippen LogP contribution in [-0.4, -0.2) is 4.98 Å². The van der Waals surface area contributed by atoms with E-state index in [1.165, 1.54) is 6.07 Å². The largest absolute Gasteiger partial charge is 0.439 e. The molecule has 0 N–H and O–H groups in total. The fraction of sp³-hybridized carbons (Fsp3) is 0.0833. The highest BCUT2D eigenvalue weighted by atomic mass is 35.5. The first-order valence-electron chi connectivity index (χ1n) is 5.03. The molecule has 100 valence electrons. The topological polar surface area (TPSA) is 22.1 Å². The zero-order valence-corrected chi connectivity index (χ0v) is 10.7. The van der Waals surface area contributed by atoms with Crippen LogP contribution in [0.5, 0.6) is 11.6 Å². The molecule has 19 heavy (non-hydrogen) atoms. The van der Waals surface area contributed by atoms with Gasteiger partial charge in [-0.2, -0.15) is 13.2 Å². The number of nitrogens with zero attached hydrogens (tertiary/aromatic N) is 1. The Bertz CT molecular complexity index is 602. The third kappa shape index (κ3) is 3.75. The number of alkyl halides is 3. The Kier molecular flexibility index (Phi) is 3.87. The number of hydrogen-bond acceptors (Lipinski definition) is 2. The molecule has 0 aliphatic rings. The van der Waals surface area contributed by atoms with Crippen molar-refractivity contribution < 1.29 is 17.9 Å². The highest BCUT2D eigenvalue weighted by molar-refractivity contribution is 6.30. The maximum Gasteiger partial charge on any atom is 0.416 e. The van der Waals surface area contributed by atoms with Gasteiger partial charge in [0.2, 0.25) is 5.88 Å². The first-order chi connectivity index (χ1) is 8.84. The van der Waals surface area contributed by atoms with Crippen LogP contribution in [0.2, 0.25) is 10.2 Å². The van der Waals surface area contributed by atoms with Crippen LogP contribution < -0.4 is 4.74 Å². The molecule has 0 bridgehead atoms. The number of aromatic nitrogens is 1. The number of ether oxygens (including phenoxy) is 1. The Morgan fingerprint density at radius 1 is 1.05 bits per heavy atom. The molecule has 0 saturated heterocycles. The summed E-state index contributed by atoms with van der Waals surface area (Å²) in [5.74, 6) is 0.0254. The van der Waals surface area contributed by atoms with Gasteiger partial charge in [-0.1, -0.05) is 29.3 Å². The molecule has 0 spiro atoms. The van der Waals surface area contributed by atoms with E-state index >= 15 is 0 Å². The summed E-state index contributed by atoms with van der Waals surface area (Å²) in [6.07, 6.45) is -4.51. The van der Waals surface area contributed by atoms with Crippen molar-refractivity contribution in [2.75, 3.05) is 0 Å². The van der Waals surface area contributed by atoms with Crippen molar-refractivity contribution in [1.29, 1.82) is 0 Å². The van der Waals surface area contributed by atoms with Gasteiger partial charge in [0.25, 0.3) is 0 Å². The minimum Gasteiger partial charge on any atom is -0.439 e. The van der Waals surface area contributed by atoms with E-state index in [1.807, 2.05) is 0 Å². The molecule has 1 heterocycles. The zero-order valence-electron chi connectivity index (χ0n) is 9.21. The summed E-state index contributed by atoms with van der Waals surface area (Å²) in [4.78, 5) is 3.67. The number of rotatable bonds is 2. The van der Waals surface area contributed by atoms with Crippen molar-refractivity contribution in [2.24, 2.45) is 0 Å². The van der Waals surface area contributed by atoms with Crippen molar-refractivity contribution in [3.05, 3.63) is 52.1 Å². The molecular weight excluding hydrogens is 302 g/mol. The second-order valence-electron chi connectivity index (χ2n) is 3.57. The van der Waals surface area contributed by atoms with Crippen LogP contribution in [-0.2, 0) is 6.18 Å². The van der Waals surface area contributed by atoms with E-state index < -0.39 is 11.7 Å². The Morgan fingerprint density at radius 3 is 2.42 bits per heavy atom. The maximum atomic E-state index is 12.6. The smallest absolute Gasteiger partial charge is 0.416 e. The van der Waals surface area contributed by atoms with E-state index in [1.54, 1.807) is 18.2 Å². The average Bonchev–Trinajstić information content (AvgIpc) is 2.26. The van der Waals surface area contributed by atoms with E-state index in [9.17, 15) is 13.2 Å². The number of benzene rings is 1. The molecule has 0 aliphatic heterocycles. The van der Waals surface area contributed by atoms with Gasteiger partial charge >= 0.3 is 6.18 Å². The summed E-state index contributed by atoms with van der Waals surface area (Å²) in [6.45, 7) is 0. The van der Waals surface area contributed by atoms with Crippen LogP contribution >= 0.6 is 23.2 Å². The van der Waals surface area contributed by atoms with Gasteiger partial charge in [-0.15, -0.1) is 0 Å². The Morgan fingerprint density at radius 2 is 1.79 bits per heavy atom. The van der Waals surface area contributed by atoms with Gasteiger partial charge in [-0.3, -0.25) is 0 Å². The number of halogens is 5. The van der Waals surface area contributed by atoms with E-state index in [0.717, 1.165) is 12.1 Å². The summed E-state index contributed by atoms with van der Waals surface area (Å²) in [7, 11) is 0. The molecule has 0 amide bonds. The van der Waals surface area contributed by atoms with E-state index in [0.29, 0.717) is 5.02 Å². The lowest BCUT2D eigenvalue weighted by Crippen LogP contribution is -2.05. The van der Waals surface area contributed by atoms with Gasteiger partial charge in [0.1, 0.15) is 10.9 Å². The van der Waals surface area contributed by atoms with Crippen molar-refractivity contribution in [3.63, 3.8) is 0 Å². The van der Waals surface area contributed by atoms with Crippen molar-refractivity contribution in [1.82, 2.24) is 4.98 Å². The molecule has 2 nitrogen and oxygen atoms in total. The normalized spacial score (nSPS) is 11.4. The molecule has 1 aromatic carbocycles. The second kappa shape index (κ2) is 5.27. The third-order valence-corrected chi connectivity index (χ3v) is 2.55. The van der Waals surface area contributed by atoms with Gasteiger partial charge in [0.05, 0.1) is 5.56 Å². The average molecular weight is 308 g/mol. The molecular formula is C12H6Cl2F3NO. The van der Waals surface area contributed by atoms with Crippen molar-refractivity contribution in [3.8, 4) is 11.6 Å². The van der Waals surface area contributed by atoms with E-state index in [-0.39, 0.29) is 16.8 Å². The SMILES string of the molecule is FC(F)(F)c1cc(Cl)nc(Oc2cccc(Cl)c2)c1. The summed E-state index contributed by atoms with van der Waals surface area (Å²) in [5, 5.41) is 0.0995. The summed E-state index contributed by atoms with van der Waals surface area (Å²) < 4.78 is 43.0. The first kappa shape index (κ1) is 14.0. The van der Waals surface area contributed by atoms with Crippen LogP contribution in [0.3, 0.4) is 0 Å². The minimum absolute atomic E-state index is 0.248. The van der Waals surface area contributed by atoms with Gasteiger partial charge in [-0.25, -0.2) is 4.98 Å². The minimum atomic E-state index is -4.51. The number of hydrogen-bond donors (Lipinski definition) is 0. The van der Waals surface area contributed by atoms with Crippen LogP contribution in [0, 0.1) is 0 Å². The lowest BCUT2D eigenvalue weighted by Gasteiger charge is -2.10. The maximum absolute atomic E-state index is 12.6. The van der Waals surface area contributed by atoms with Crippen LogP contribution in [0.4, 0.5) is 13.2 Å². The summed E-state index contributed by atoms with van der Waals surface area (Å²) >= 11 is 11.3. The van der Waals surface area contributed by atoms with Crippen molar-refractivity contribution in [2.45, 2.75) is 6.18 Å². The Hall–Kier alpha value is -1.46. The first-order valence-corrected chi connectivity index (χ1v) is 5.78. The quantitative estimate of drug-likeness (QED) is 0.711. The molecule has 0 unspecified atom stereocenters. The van der Waals surface area contributed by atoms with Crippen LogP contribution in [0.1, 0.15) is 5.56 Å². The fourth-order valence-corrected chi connectivity index (χ4v) is 1.72. The zero-order chi connectivity index (χ0) is 14.0. The molecule has 0 aliphatic carbocycles. The van der Waals surface area contributed by atoms with Gasteiger partial charge in [0.15, 0.2) is 0 Å². The van der Waals surface area contributed by atoms with E-state index in [2.05, 4.69) is 4.98 Å². The molecule has 2 aromatic rings. The highest BCUT2D eigenvalue weighted by Gasteiger charge is 2.31. The predicted molar refractivity (Wildman–Crippen MR) is 65.8 cm³/mol. The van der Waals surface area contributed by atoms with E-state index in [4.69, 9.17) is 27.9 Å². The molecule has 0 radical (unpaired) electrons. The fourth-order valence-electron chi connectivity index (χ4n) is 1.34. The van der Waals surface area contributed by atoms with Crippen molar-refractivity contribution >= 4 is 23.2 Å². The standard InChI is InChI=1S/C12H6Cl2F3NO/c13-8-2-1-3-9(6-8)19-11-5-7(12(15,16)17)4-10(14)18-11/h1-6H. The molecule has 1 aromatic heterocycles. The second-order valence-corrected chi connectivity index (χ2v) is 4.40. The molecule has 0 fully saturated rings. The predicted octanol–water partition coefficient (Wildman–Crippen LogP) is 5.20. The van der Waals surface area contributed by atoms with Gasteiger partial charge in [-0.05, 0) is 24.3 Å². The Labute approximate surface area is 116 Å². The molecule has 2 rings (SSSR count). The van der Waals surface area contributed by atoms with Crippen LogP contribution in [0.25, 0.3) is 0 Å². The van der Waals surface area contributed by atoms with Crippen LogP contribution in [0.15, 0.2) is 36.4 Å². The summed E-state index contributed by atoms with van der Waals surface area (Å²) in [5.41, 5.74) is -0.926. The third-order valence-electron chi connectivity index (χ3n) is 2.12.